The standard InChI is InChI=1S/C14H16N2O3S/c1-2-18-9-5-6-10-12(8-9)20-14(15-10)16-13(17)11-4-3-7-19-11/h5-6,8,11H,2-4,7H2,1H3,(H,15,16,17)/t11-/m0/s1. The quantitative estimate of drug-likeness (QED) is 0.941. The molecule has 1 amide bonds. The lowest BCUT2D eigenvalue weighted by molar-refractivity contribution is -0.124. The molecule has 5 nitrogen and oxygen atoms in total. The van der Waals surface area contributed by atoms with Gasteiger partial charge < -0.3 is 9.47 Å². The molecule has 2 heterocycles. The number of carbonyl (C=O) groups is 1. The van der Waals surface area contributed by atoms with Crippen LogP contribution in [-0.2, 0) is 9.53 Å². The van der Waals surface area contributed by atoms with Crippen molar-refractivity contribution >= 4 is 32.6 Å². The van der Waals surface area contributed by atoms with E-state index in [0.717, 1.165) is 28.8 Å². The first kappa shape index (κ1) is 13.3. The Bertz CT molecular complexity index is 620. The molecule has 0 aliphatic carbocycles. The van der Waals surface area contributed by atoms with E-state index in [-0.39, 0.29) is 12.0 Å². The maximum absolute atomic E-state index is 12.0. The highest BCUT2D eigenvalue weighted by Crippen LogP contribution is 2.29. The number of rotatable bonds is 4. The zero-order valence-corrected chi connectivity index (χ0v) is 12.0. The van der Waals surface area contributed by atoms with Gasteiger partial charge in [-0.05, 0) is 38.0 Å². The summed E-state index contributed by atoms with van der Waals surface area (Å²) in [6.07, 6.45) is 1.39. The normalized spacial score (nSPS) is 18.4. The summed E-state index contributed by atoms with van der Waals surface area (Å²) in [4.78, 5) is 16.4. The van der Waals surface area contributed by atoms with Crippen molar-refractivity contribution in [1.29, 1.82) is 0 Å². The van der Waals surface area contributed by atoms with Gasteiger partial charge in [-0.1, -0.05) is 11.3 Å². The first-order valence-electron chi connectivity index (χ1n) is 6.72. The van der Waals surface area contributed by atoms with E-state index in [0.29, 0.717) is 18.3 Å². The summed E-state index contributed by atoms with van der Waals surface area (Å²) in [5.41, 5.74) is 0.862. The molecule has 0 spiro atoms. The summed E-state index contributed by atoms with van der Waals surface area (Å²) < 4.78 is 11.8. The van der Waals surface area contributed by atoms with E-state index in [1.54, 1.807) is 0 Å². The van der Waals surface area contributed by atoms with Crippen molar-refractivity contribution in [3.63, 3.8) is 0 Å². The Morgan fingerprint density at radius 1 is 1.60 bits per heavy atom. The Morgan fingerprint density at radius 2 is 2.50 bits per heavy atom. The van der Waals surface area contributed by atoms with Crippen molar-refractivity contribution in [2.45, 2.75) is 25.9 Å². The monoisotopic (exact) mass is 292 g/mol. The van der Waals surface area contributed by atoms with E-state index in [1.807, 2.05) is 25.1 Å². The average molecular weight is 292 g/mol. The number of aromatic nitrogens is 1. The van der Waals surface area contributed by atoms with Crippen LogP contribution in [0, 0.1) is 0 Å². The van der Waals surface area contributed by atoms with E-state index >= 15 is 0 Å². The van der Waals surface area contributed by atoms with Gasteiger partial charge in [-0.15, -0.1) is 0 Å². The summed E-state index contributed by atoms with van der Waals surface area (Å²) in [6.45, 7) is 3.24. The van der Waals surface area contributed by atoms with Crippen molar-refractivity contribution in [1.82, 2.24) is 4.98 Å². The fourth-order valence-electron chi connectivity index (χ4n) is 2.19. The molecule has 1 aliphatic rings. The third-order valence-corrected chi connectivity index (χ3v) is 4.06. The number of ether oxygens (including phenoxy) is 2. The Labute approximate surface area is 120 Å². The lowest BCUT2D eigenvalue weighted by atomic mass is 10.2. The molecule has 106 valence electrons. The van der Waals surface area contributed by atoms with Crippen LogP contribution in [0.5, 0.6) is 5.75 Å². The van der Waals surface area contributed by atoms with Crippen molar-refractivity contribution in [2.24, 2.45) is 0 Å². The van der Waals surface area contributed by atoms with Gasteiger partial charge >= 0.3 is 0 Å². The van der Waals surface area contributed by atoms with Gasteiger partial charge in [0.15, 0.2) is 5.13 Å². The molecule has 2 aromatic rings. The molecule has 6 heteroatoms. The molecule has 1 saturated heterocycles. The number of anilines is 1. The summed E-state index contributed by atoms with van der Waals surface area (Å²) >= 11 is 1.45. The molecular formula is C14H16N2O3S. The SMILES string of the molecule is CCOc1ccc2nc(NC(=O)[C@@H]3CCCO3)sc2c1. The number of nitrogens with one attached hydrogen (secondary N) is 1. The minimum Gasteiger partial charge on any atom is -0.494 e. The second-order valence-electron chi connectivity index (χ2n) is 4.57. The first-order chi connectivity index (χ1) is 9.76. The van der Waals surface area contributed by atoms with Crippen LogP contribution < -0.4 is 10.1 Å². The lowest BCUT2D eigenvalue weighted by Crippen LogP contribution is -2.26. The van der Waals surface area contributed by atoms with Crippen LogP contribution >= 0.6 is 11.3 Å². The highest BCUT2D eigenvalue weighted by molar-refractivity contribution is 7.22. The molecule has 1 aliphatic heterocycles. The van der Waals surface area contributed by atoms with E-state index in [1.165, 1.54) is 11.3 Å². The van der Waals surface area contributed by atoms with Crippen LogP contribution in [0.15, 0.2) is 18.2 Å². The third kappa shape index (κ3) is 2.76. The maximum atomic E-state index is 12.0. The minimum atomic E-state index is -0.332. The van der Waals surface area contributed by atoms with Gasteiger partial charge in [-0.2, -0.15) is 0 Å². The molecule has 1 aromatic carbocycles. The van der Waals surface area contributed by atoms with Crippen LogP contribution in [0.4, 0.5) is 5.13 Å². The Kier molecular flexibility index (Phi) is 3.84. The molecule has 1 atom stereocenters. The van der Waals surface area contributed by atoms with Crippen LogP contribution in [0.1, 0.15) is 19.8 Å². The van der Waals surface area contributed by atoms with Crippen LogP contribution in [0.25, 0.3) is 10.2 Å². The number of benzene rings is 1. The molecule has 0 unspecified atom stereocenters. The average Bonchev–Trinajstić information content (AvgIpc) is 3.06. The fraction of sp³-hybridized carbons (Fsp3) is 0.429. The Morgan fingerprint density at radius 3 is 3.25 bits per heavy atom. The second kappa shape index (κ2) is 5.76. The second-order valence-corrected chi connectivity index (χ2v) is 5.60. The maximum Gasteiger partial charge on any atom is 0.255 e. The number of hydrogen-bond acceptors (Lipinski definition) is 5. The number of amides is 1. The smallest absolute Gasteiger partial charge is 0.255 e. The van der Waals surface area contributed by atoms with Gasteiger partial charge in [-0.3, -0.25) is 10.1 Å². The highest BCUT2D eigenvalue weighted by atomic mass is 32.1. The molecule has 0 saturated carbocycles. The first-order valence-corrected chi connectivity index (χ1v) is 7.54. The van der Waals surface area contributed by atoms with Crippen molar-refractivity contribution in [3.05, 3.63) is 18.2 Å². The molecule has 1 fully saturated rings. The van der Waals surface area contributed by atoms with Gasteiger partial charge in [0, 0.05) is 6.61 Å². The van der Waals surface area contributed by atoms with E-state index in [2.05, 4.69) is 10.3 Å². The van der Waals surface area contributed by atoms with Gasteiger partial charge in [0.2, 0.25) is 0 Å². The summed E-state index contributed by atoms with van der Waals surface area (Å²) in [6, 6.07) is 5.73. The van der Waals surface area contributed by atoms with E-state index in [4.69, 9.17) is 9.47 Å². The number of hydrogen-bond donors (Lipinski definition) is 1. The molecule has 3 rings (SSSR count). The topological polar surface area (TPSA) is 60.5 Å². The van der Waals surface area contributed by atoms with Gasteiger partial charge in [0.05, 0.1) is 16.8 Å². The molecule has 1 aromatic heterocycles. The number of thiazole rings is 1. The van der Waals surface area contributed by atoms with Crippen LogP contribution in [-0.4, -0.2) is 30.2 Å². The summed E-state index contributed by atoms with van der Waals surface area (Å²) in [5, 5.41) is 3.43. The number of nitrogens with zero attached hydrogens (tertiary/aromatic N) is 1. The van der Waals surface area contributed by atoms with Crippen molar-refractivity contribution in [3.8, 4) is 5.75 Å². The summed E-state index contributed by atoms with van der Waals surface area (Å²) in [5.74, 6) is 0.715. The summed E-state index contributed by atoms with van der Waals surface area (Å²) in [7, 11) is 0. The highest BCUT2D eigenvalue weighted by Gasteiger charge is 2.24. The van der Waals surface area contributed by atoms with Crippen molar-refractivity contribution in [2.75, 3.05) is 18.5 Å². The van der Waals surface area contributed by atoms with E-state index < -0.39 is 0 Å². The number of carbonyl (C=O) groups excluding carboxylic acids is 1. The predicted molar refractivity (Wildman–Crippen MR) is 78.4 cm³/mol. The van der Waals surface area contributed by atoms with Gasteiger partial charge in [0.25, 0.3) is 5.91 Å². The van der Waals surface area contributed by atoms with Crippen molar-refractivity contribution < 1.29 is 14.3 Å². The van der Waals surface area contributed by atoms with Gasteiger partial charge in [-0.25, -0.2) is 4.98 Å². The minimum absolute atomic E-state index is 0.105. The zero-order chi connectivity index (χ0) is 13.9. The lowest BCUT2D eigenvalue weighted by Gasteiger charge is -2.07. The molecule has 0 radical (unpaired) electrons. The Hall–Kier alpha value is -1.66. The Balaban J connectivity index is 1.76. The van der Waals surface area contributed by atoms with Crippen LogP contribution in [0.2, 0.25) is 0 Å². The van der Waals surface area contributed by atoms with E-state index in [9.17, 15) is 4.79 Å². The molecular weight excluding hydrogens is 276 g/mol. The molecule has 0 bridgehead atoms. The number of fused-ring (bicyclic) bond motifs is 1. The fourth-order valence-corrected chi connectivity index (χ4v) is 3.08. The largest absolute Gasteiger partial charge is 0.494 e. The third-order valence-electron chi connectivity index (χ3n) is 3.12. The predicted octanol–water partition coefficient (Wildman–Crippen LogP) is 2.81. The van der Waals surface area contributed by atoms with Gasteiger partial charge in [0.1, 0.15) is 11.9 Å². The van der Waals surface area contributed by atoms with Crippen LogP contribution in [0.3, 0.4) is 0 Å². The molecule has 20 heavy (non-hydrogen) atoms. The zero-order valence-electron chi connectivity index (χ0n) is 11.2. The molecule has 1 N–H and O–H groups in total.